The lowest BCUT2D eigenvalue weighted by molar-refractivity contribution is -0.142. The second-order valence-corrected chi connectivity index (χ2v) is 8.44. The molecule has 0 unspecified atom stereocenters. The number of rotatable bonds is 6. The van der Waals surface area contributed by atoms with Crippen LogP contribution in [0.1, 0.15) is 44.3 Å². The monoisotopic (exact) mass is 451 g/mol. The number of anilines is 1. The van der Waals surface area contributed by atoms with E-state index >= 15 is 0 Å². The highest BCUT2D eigenvalue weighted by atomic mass is 35.5. The number of amides is 1. The Morgan fingerprint density at radius 2 is 1.83 bits per heavy atom. The SMILES string of the molecule is COC(=O)c1c(NC(=O)COc2cc(C)c(Cl)c(C)c2)sc2c1[C@H](C(=O)OC)CC2. The van der Waals surface area contributed by atoms with Crippen molar-refractivity contribution in [2.24, 2.45) is 0 Å². The van der Waals surface area contributed by atoms with Crippen molar-refractivity contribution in [3.05, 3.63) is 44.3 Å². The number of fused-ring (bicyclic) bond motifs is 1. The minimum absolute atomic E-state index is 0.205. The van der Waals surface area contributed by atoms with Crippen molar-refractivity contribution in [1.82, 2.24) is 0 Å². The van der Waals surface area contributed by atoms with E-state index in [0.29, 0.717) is 34.2 Å². The van der Waals surface area contributed by atoms with Gasteiger partial charge < -0.3 is 19.5 Å². The molecule has 1 heterocycles. The minimum Gasteiger partial charge on any atom is -0.484 e. The summed E-state index contributed by atoms with van der Waals surface area (Å²) in [4.78, 5) is 37.9. The fraction of sp³-hybridized carbons (Fsp3) is 0.381. The average Bonchev–Trinajstić information content (AvgIpc) is 3.27. The number of nitrogens with one attached hydrogen (secondary N) is 1. The van der Waals surface area contributed by atoms with Gasteiger partial charge in [-0.25, -0.2) is 4.79 Å². The van der Waals surface area contributed by atoms with Crippen LogP contribution in [0.4, 0.5) is 5.00 Å². The summed E-state index contributed by atoms with van der Waals surface area (Å²) in [5.41, 5.74) is 2.49. The molecule has 7 nitrogen and oxygen atoms in total. The topological polar surface area (TPSA) is 90.9 Å². The van der Waals surface area contributed by atoms with Crippen molar-refractivity contribution in [3.63, 3.8) is 0 Å². The Kier molecular flexibility index (Phi) is 6.67. The molecule has 0 bridgehead atoms. The number of ether oxygens (including phenoxy) is 3. The first-order chi connectivity index (χ1) is 14.3. The Hall–Kier alpha value is -2.58. The molecule has 2 aromatic rings. The van der Waals surface area contributed by atoms with Gasteiger partial charge in [-0.2, -0.15) is 0 Å². The third-order valence-corrected chi connectivity index (χ3v) is 6.72. The van der Waals surface area contributed by atoms with Gasteiger partial charge in [-0.05, 0) is 55.5 Å². The predicted molar refractivity (Wildman–Crippen MR) is 114 cm³/mol. The van der Waals surface area contributed by atoms with E-state index in [4.69, 9.17) is 25.8 Å². The van der Waals surface area contributed by atoms with Gasteiger partial charge in [0, 0.05) is 9.90 Å². The van der Waals surface area contributed by atoms with Crippen LogP contribution in [0.2, 0.25) is 5.02 Å². The fourth-order valence-corrected chi connectivity index (χ4v) is 4.93. The summed E-state index contributed by atoms with van der Waals surface area (Å²) >= 11 is 7.42. The lowest BCUT2D eigenvalue weighted by atomic mass is 9.99. The maximum absolute atomic E-state index is 12.5. The van der Waals surface area contributed by atoms with Crippen molar-refractivity contribution < 1.29 is 28.6 Å². The number of benzene rings is 1. The van der Waals surface area contributed by atoms with Gasteiger partial charge in [0.25, 0.3) is 5.91 Å². The number of thiophene rings is 1. The van der Waals surface area contributed by atoms with Crippen LogP contribution in [0.5, 0.6) is 5.75 Å². The Bertz CT molecular complexity index is 992. The summed E-state index contributed by atoms with van der Waals surface area (Å²) in [6.07, 6.45) is 1.18. The molecule has 0 saturated heterocycles. The van der Waals surface area contributed by atoms with Crippen LogP contribution >= 0.6 is 22.9 Å². The highest BCUT2D eigenvalue weighted by Gasteiger charge is 2.38. The first kappa shape index (κ1) is 22.1. The summed E-state index contributed by atoms with van der Waals surface area (Å²) < 4.78 is 15.3. The molecular weight excluding hydrogens is 430 g/mol. The predicted octanol–water partition coefficient (Wildman–Crippen LogP) is 4.03. The molecule has 1 aromatic carbocycles. The Balaban J connectivity index is 1.79. The minimum atomic E-state index is -0.608. The smallest absolute Gasteiger partial charge is 0.341 e. The van der Waals surface area contributed by atoms with Gasteiger partial charge in [0.15, 0.2) is 6.61 Å². The van der Waals surface area contributed by atoms with Crippen molar-refractivity contribution >= 4 is 45.8 Å². The molecule has 9 heteroatoms. The average molecular weight is 452 g/mol. The summed E-state index contributed by atoms with van der Waals surface area (Å²) in [6.45, 7) is 3.47. The molecule has 1 atom stereocenters. The van der Waals surface area contributed by atoms with Crippen LogP contribution < -0.4 is 10.1 Å². The quantitative estimate of drug-likeness (QED) is 0.667. The number of carbonyl (C=O) groups excluding carboxylic acids is 3. The molecule has 0 spiro atoms. The van der Waals surface area contributed by atoms with Crippen LogP contribution in [-0.4, -0.2) is 38.7 Å². The van der Waals surface area contributed by atoms with Gasteiger partial charge in [0.2, 0.25) is 0 Å². The first-order valence-electron chi connectivity index (χ1n) is 9.27. The van der Waals surface area contributed by atoms with Crippen LogP contribution in [0.3, 0.4) is 0 Å². The lowest BCUT2D eigenvalue weighted by Crippen LogP contribution is -2.22. The van der Waals surface area contributed by atoms with Gasteiger partial charge in [-0.3, -0.25) is 9.59 Å². The third kappa shape index (κ3) is 4.29. The van der Waals surface area contributed by atoms with Crippen molar-refractivity contribution in [2.45, 2.75) is 32.6 Å². The molecular formula is C21H22ClNO6S. The van der Waals surface area contributed by atoms with Gasteiger partial charge in [0.1, 0.15) is 10.8 Å². The second-order valence-electron chi connectivity index (χ2n) is 6.96. The number of aryl methyl sites for hydroxylation is 3. The van der Waals surface area contributed by atoms with E-state index in [0.717, 1.165) is 16.0 Å². The number of halogens is 1. The van der Waals surface area contributed by atoms with Gasteiger partial charge in [-0.15, -0.1) is 11.3 Å². The molecule has 1 aromatic heterocycles. The zero-order chi connectivity index (χ0) is 22.0. The Morgan fingerprint density at radius 1 is 1.17 bits per heavy atom. The summed E-state index contributed by atoms with van der Waals surface area (Å²) in [6, 6.07) is 3.51. The van der Waals surface area contributed by atoms with Gasteiger partial charge in [0.05, 0.1) is 25.7 Å². The Morgan fingerprint density at radius 3 is 2.43 bits per heavy atom. The molecule has 0 fully saturated rings. The standard InChI is InChI=1S/C21H22ClNO6S/c1-10-7-12(8-11(2)18(10)22)29-9-15(24)23-19-17(21(26)28-4)16-13(20(25)27-3)5-6-14(16)30-19/h7-8,13H,5-6,9H2,1-4H3,(H,23,24)/t13-/m1/s1. The number of esters is 2. The van der Waals surface area contributed by atoms with E-state index in [1.165, 1.54) is 25.6 Å². The van der Waals surface area contributed by atoms with E-state index in [9.17, 15) is 14.4 Å². The van der Waals surface area contributed by atoms with Crippen molar-refractivity contribution in [1.29, 1.82) is 0 Å². The molecule has 3 rings (SSSR count). The van der Waals surface area contributed by atoms with Crippen molar-refractivity contribution in [3.8, 4) is 5.75 Å². The molecule has 30 heavy (non-hydrogen) atoms. The summed E-state index contributed by atoms with van der Waals surface area (Å²) in [5.74, 6) is -1.47. The van der Waals surface area contributed by atoms with E-state index in [1.807, 2.05) is 13.8 Å². The van der Waals surface area contributed by atoms with Crippen LogP contribution in [0, 0.1) is 13.8 Å². The zero-order valence-corrected chi connectivity index (χ0v) is 18.7. The van der Waals surface area contributed by atoms with E-state index in [2.05, 4.69) is 5.32 Å². The normalized spacial score (nSPS) is 14.8. The highest BCUT2D eigenvalue weighted by Crippen LogP contribution is 2.45. The summed E-state index contributed by atoms with van der Waals surface area (Å²) in [5, 5.41) is 3.72. The van der Waals surface area contributed by atoms with Crippen molar-refractivity contribution in [2.75, 3.05) is 26.1 Å². The maximum atomic E-state index is 12.5. The molecule has 160 valence electrons. The zero-order valence-electron chi connectivity index (χ0n) is 17.1. The highest BCUT2D eigenvalue weighted by molar-refractivity contribution is 7.17. The molecule has 0 aliphatic heterocycles. The van der Waals surface area contributed by atoms with Gasteiger partial charge in [-0.1, -0.05) is 11.6 Å². The number of carbonyl (C=O) groups is 3. The summed E-state index contributed by atoms with van der Waals surface area (Å²) in [7, 11) is 2.57. The molecule has 0 saturated carbocycles. The van der Waals surface area contributed by atoms with E-state index in [1.54, 1.807) is 12.1 Å². The third-order valence-electron chi connectivity index (χ3n) is 4.94. The number of hydrogen-bond donors (Lipinski definition) is 1. The first-order valence-corrected chi connectivity index (χ1v) is 10.5. The van der Waals surface area contributed by atoms with E-state index in [-0.39, 0.29) is 12.2 Å². The van der Waals surface area contributed by atoms with E-state index < -0.39 is 23.8 Å². The molecule has 1 N–H and O–H groups in total. The number of methoxy groups -OCH3 is 2. The fourth-order valence-electron chi connectivity index (χ4n) is 3.54. The van der Waals surface area contributed by atoms with Crippen LogP contribution in [-0.2, 0) is 25.5 Å². The largest absolute Gasteiger partial charge is 0.484 e. The Labute approximate surface area is 183 Å². The van der Waals surface area contributed by atoms with Crippen LogP contribution in [0.25, 0.3) is 0 Å². The molecule has 1 aliphatic carbocycles. The molecule has 0 radical (unpaired) electrons. The van der Waals surface area contributed by atoms with Crippen LogP contribution in [0.15, 0.2) is 12.1 Å². The second kappa shape index (κ2) is 9.06. The van der Waals surface area contributed by atoms with Gasteiger partial charge >= 0.3 is 11.9 Å². The lowest BCUT2D eigenvalue weighted by Gasteiger charge is -2.12. The molecule has 1 aliphatic rings. The maximum Gasteiger partial charge on any atom is 0.341 e. The number of hydrogen-bond acceptors (Lipinski definition) is 7. The molecule has 1 amide bonds.